The lowest BCUT2D eigenvalue weighted by molar-refractivity contribution is -0.389. The molecule has 1 aromatic heterocycles. The van der Waals surface area contributed by atoms with Crippen molar-refractivity contribution < 1.29 is 14.1 Å². The molecule has 0 atom stereocenters. The number of amides is 1. The Labute approximate surface area is 143 Å². The van der Waals surface area contributed by atoms with Crippen LogP contribution in [0.2, 0.25) is 0 Å². The number of hydrogen-bond donors (Lipinski definition) is 0. The zero-order chi connectivity index (χ0) is 17.8. The summed E-state index contributed by atoms with van der Waals surface area (Å²) in [6.45, 7) is 3.15. The Balaban J connectivity index is 1.49. The van der Waals surface area contributed by atoms with Gasteiger partial charge in [0.05, 0.1) is 17.4 Å². The van der Waals surface area contributed by atoms with Crippen molar-refractivity contribution in [3.05, 3.63) is 58.0 Å². The minimum atomic E-state index is -0.591. The van der Waals surface area contributed by atoms with Gasteiger partial charge >= 0.3 is 5.82 Å². The molecule has 1 amide bonds. The van der Waals surface area contributed by atoms with Gasteiger partial charge in [0, 0.05) is 32.7 Å². The van der Waals surface area contributed by atoms with Crippen LogP contribution in [0.5, 0.6) is 0 Å². The molecule has 8 nitrogen and oxygen atoms in total. The van der Waals surface area contributed by atoms with Crippen LogP contribution >= 0.6 is 0 Å². The van der Waals surface area contributed by atoms with Crippen molar-refractivity contribution in [3.8, 4) is 0 Å². The quantitative estimate of drug-likeness (QED) is 0.601. The number of hydrogen-bond acceptors (Lipinski definition) is 5. The van der Waals surface area contributed by atoms with E-state index in [9.17, 15) is 19.3 Å². The molecule has 2 heterocycles. The van der Waals surface area contributed by atoms with Gasteiger partial charge in [-0.2, -0.15) is 4.68 Å². The third-order valence-corrected chi connectivity index (χ3v) is 4.13. The molecule has 1 aliphatic rings. The standard InChI is InChI=1S/C16H18FN5O3/c17-14-3-1-2-13(10-14)11-19-6-8-20(9-7-19)16(23)12-21-5-4-15(18-21)22(24)25/h1-5,10H,6-9,11-12H2. The van der Waals surface area contributed by atoms with Crippen LogP contribution in [0.3, 0.4) is 0 Å². The summed E-state index contributed by atoms with van der Waals surface area (Å²) >= 11 is 0. The van der Waals surface area contributed by atoms with E-state index >= 15 is 0 Å². The average Bonchev–Trinajstić information content (AvgIpc) is 3.04. The Morgan fingerprint density at radius 3 is 2.64 bits per heavy atom. The number of carbonyl (C=O) groups is 1. The Hall–Kier alpha value is -2.81. The van der Waals surface area contributed by atoms with E-state index < -0.39 is 4.92 Å². The first-order valence-corrected chi connectivity index (χ1v) is 7.94. The van der Waals surface area contributed by atoms with Gasteiger partial charge in [0.15, 0.2) is 0 Å². The maximum absolute atomic E-state index is 13.2. The van der Waals surface area contributed by atoms with Gasteiger partial charge in [-0.3, -0.25) is 9.69 Å². The number of carbonyl (C=O) groups excluding carboxylic acids is 1. The molecule has 0 aliphatic carbocycles. The fourth-order valence-corrected chi connectivity index (χ4v) is 2.82. The fraction of sp³-hybridized carbons (Fsp3) is 0.375. The molecule has 0 radical (unpaired) electrons. The summed E-state index contributed by atoms with van der Waals surface area (Å²) in [5, 5.41) is 14.4. The van der Waals surface area contributed by atoms with E-state index in [4.69, 9.17) is 0 Å². The minimum absolute atomic E-state index is 0.0161. The van der Waals surface area contributed by atoms with Crippen molar-refractivity contribution in [2.75, 3.05) is 26.2 Å². The number of benzene rings is 1. The van der Waals surface area contributed by atoms with Crippen molar-refractivity contribution in [2.24, 2.45) is 0 Å². The van der Waals surface area contributed by atoms with Crippen LogP contribution in [0.15, 0.2) is 36.5 Å². The predicted octanol–water partition coefficient (Wildman–Crippen LogP) is 1.27. The van der Waals surface area contributed by atoms with E-state index in [0.717, 1.165) is 5.56 Å². The number of nitro groups is 1. The lowest BCUT2D eigenvalue weighted by atomic mass is 10.2. The first-order chi connectivity index (χ1) is 12.0. The van der Waals surface area contributed by atoms with Crippen LogP contribution in [0.25, 0.3) is 0 Å². The number of piperazine rings is 1. The van der Waals surface area contributed by atoms with Crippen molar-refractivity contribution in [1.29, 1.82) is 0 Å². The maximum atomic E-state index is 13.2. The second kappa shape index (κ2) is 7.39. The van der Waals surface area contributed by atoms with Crippen molar-refractivity contribution in [2.45, 2.75) is 13.1 Å². The van der Waals surface area contributed by atoms with Gasteiger partial charge in [-0.15, -0.1) is 0 Å². The van der Waals surface area contributed by atoms with Gasteiger partial charge in [-0.1, -0.05) is 12.1 Å². The summed E-state index contributed by atoms with van der Waals surface area (Å²) < 4.78 is 14.5. The second-order valence-electron chi connectivity index (χ2n) is 5.92. The van der Waals surface area contributed by atoms with Gasteiger partial charge in [-0.25, -0.2) is 4.39 Å². The normalized spacial score (nSPS) is 15.3. The predicted molar refractivity (Wildman–Crippen MR) is 87.1 cm³/mol. The highest BCUT2D eigenvalue weighted by Crippen LogP contribution is 2.11. The van der Waals surface area contributed by atoms with Crippen LogP contribution in [-0.2, 0) is 17.9 Å². The number of halogens is 1. The van der Waals surface area contributed by atoms with Crippen molar-refractivity contribution in [3.63, 3.8) is 0 Å². The Morgan fingerprint density at radius 2 is 2.00 bits per heavy atom. The monoisotopic (exact) mass is 347 g/mol. The largest absolute Gasteiger partial charge is 0.389 e. The Bertz CT molecular complexity index is 771. The van der Waals surface area contributed by atoms with E-state index in [2.05, 4.69) is 10.00 Å². The lowest BCUT2D eigenvalue weighted by Gasteiger charge is -2.34. The average molecular weight is 347 g/mol. The van der Waals surface area contributed by atoms with E-state index in [0.29, 0.717) is 32.7 Å². The van der Waals surface area contributed by atoms with Gasteiger partial charge < -0.3 is 15.0 Å². The molecular formula is C16H18FN5O3. The molecule has 9 heteroatoms. The molecule has 0 bridgehead atoms. The van der Waals surface area contributed by atoms with Crippen LogP contribution in [0.1, 0.15) is 5.56 Å². The maximum Gasteiger partial charge on any atom is 0.389 e. The highest BCUT2D eigenvalue weighted by molar-refractivity contribution is 5.76. The minimum Gasteiger partial charge on any atom is -0.358 e. The molecule has 132 valence electrons. The van der Waals surface area contributed by atoms with Crippen LogP contribution in [-0.4, -0.2) is 56.6 Å². The lowest BCUT2D eigenvalue weighted by Crippen LogP contribution is -2.49. The number of aromatic nitrogens is 2. The summed E-state index contributed by atoms with van der Waals surface area (Å²) in [4.78, 5) is 26.2. The Morgan fingerprint density at radius 1 is 1.24 bits per heavy atom. The first kappa shape index (κ1) is 17.0. The zero-order valence-electron chi connectivity index (χ0n) is 13.5. The molecule has 2 aromatic rings. The van der Waals surface area contributed by atoms with Crippen LogP contribution < -0.4 is 0 Å². The summed E-state index contributed by atoms with van der Waals surface area (Å²) in [6.07, 6.45) is 1.43. The molecule has 0 saturated carbocycles. The molecule has 0 N–H and O–H groups in total. The van der Waals surface area contributed by atoms with Crippen molar-refractivity contribution in [1.82, 2.24) is 19.6 Å². The topological polar surface area (TPSA) is 84.5 Å². The summed E-state index contributed by atoms with van der Waals surface area (Å²) in [5.74, 6) is -0.643. The van der Waals surface area contributed by atoms with E-state index in [1.54, 1.807) is 11.0 Å². The smallest absolute Gasteiger partial charge is 0.358 e. The summed E-state index contributed by atoms with van der Waals surface area (Å²) in [5.41, 5.74) is 0.906. The van der Waals surface area contributed by atoms with Crippen LogP contribution in [0.4, 0.5) is 10.2 Å². The molecule has 1 fully saturated rings. The molecule has 1 saturated heterocycles. The molecule has 1 aromatic carbocycles. The zero-order valence-corrected chi connectivity index (χ0v) is 13.5. The van der Waals surface area contributed by atoms with Gasteiger partial charge in [0.2, 0.25) is 5.91 Å². The molecule has 0 unspecified atom stereocenters. The highest BCUT2D eigenvalue weighted by atomic mass is 19.1. The Kier molecular flexibility index (Phi) is 5.03. The molecule has 3 rings (SSSR count). The summed E-state index contributed by atoms with van der Waals surface area (Å²) in [7, 11) is 0. The second-order valence-corrected chi connectivity index (χ2v) is 5.92. The van der Waals surface area contributed by atoms with E-state index in [1.807, 2.05) is 6.07 Å². The summed E-state index contributed by atoms with van der Waals surface area (Å²) in [6, 6.07) is 7.77. The van der Waals surface area contributed by atoms with E-state index in [1.165, 1.54) is 29.1 Å². The first-order valence-electron chi connectivity index (χ1n) is 7.94. The fourth-order valence-electron chi connectivity index (χ4n) is 2.82. The third-order valence-electron chi connectivity index (χ3n) is 4.13. The van der Waals surface area contributed by atoms with E-state index in [-0.39, 0.29) is 24.1 Å². The molecule has 25 heavy (non-hydrogen) atoms. The van der Waals surface area contributed by atoms with Gasteiger partial charge in [0.1, 0.15) is 12.4 Å². The number of nitrogens with zero attached hydrogens (tertiary/aromatic N) is 5. The van der Waals surface area contributed by atoms with Crippen molar-refractivity contribution >= 4 is 11.7 Å². The van der Waals surface area contributed by atoms with Gasteiger partial charge in [-0.05, 0) is 22.6 Å². The highest BCUT2D eigenvalue weighted by Gasteiger charge is 2.23. The number of rotatable bonds is 5. The van der Waals surface area contributed by atoms with Crippen LogP contribution in [0, 0.1) is 15.9 Å². The molecule has 0 spiro atoms. The molecule has 1 aliphatic heterocycles. The SMILES string of the molecule is O=C(Cn1ccc([N+](=O)[O-])n1)N1CCN(Cc2cccc(F)c2)CC1. The van der Waals surface area contributed by atoms with Gasteiger partial charge in [0.25, 0.3) is 0 Å². The molecular weight excluding hydrogens is 329 g/mol. The third kappa shape index (κ3) is 4.38.